The van der Waals surface area contributed by atoms with Crippen molar-refractivity contribution in [2.45, 2.75) is 13.8 Å². The van der Waals surface area contributed by atoms with Gasteiger partial charge in [-0.2, -0.15) is 0 Å². The second kappa shape index (κ2) is 3.95. The van der Waals surface area contributed by atoms with Crippen LogP contribution in [0.15, 0.2) is 41.2 Å². The predicted octanol–water partition coefficient (Wildman–Crippen LogP) is 2.96. The number of hydrogen-bond donors (Lipinski definition) is 0. The van der Waals surface area contributed by atoms with E-state index in [9.17, 15) is 4.79 Å². The Morgan fingerprint density at radius 3 is 2.52 bits per heavy atom. The van der Waals surface area contributed by atoms with Gasteiger partial charge >= 0.3 is 0 Å². The van der Waals surface area contributed by atoms with Gasteiger partial charge in [-0.25, -0.2) is 9.38 Å². The Morgan fingerprint density at radius 1 is 1.00 bits per heavy atom. The molecule has 0 bridgehead atoms. The minimum Gasteiger partial charge on any atom is -0.314 e. The van der Waals surface area contributed by atoms with E-state index >= 15 is 0 Å². The van der Waals surface area contributed by atoms with Gasteiger partial charge in [-0.05, 0) is 49.2 Å². The zero-order valence-electron chi connectivity index (χ0n) is 12.2. The fraction of sp³-hybridized carbons (Fsp3) is 0.176. The van der Waals surface area contributed by atoms with Crippen LogP contribution < -0.4 is 5.56 Å². The highest BCUT2D eigenvalue weighted by Gasteiger charge is 2.14. The quantitative estimate of drug-likeness (QED) is 0.496. The number of imidazole rings is 1. The zero-order valence-corrected chi connectivity index (χ0v) is 12.2. The Labute approximate surface area is 121 Å². The first kappa shape index (κ1) is 12.1. The summed E-state index contributed by atoms with van der Waals surface area (Å²) in [5, 5.41) is 0.713. The summed E-state index contributed by atoms with van der Waals surface area (Å²) in [7, 11) is 1.95. The van der Waals surface area contributed by atoms with Gasteiger partial charge in [0, 0.05) is 7.05 Å². The third-order valence-corrected chi connectivity index (χ3v) is 4.25. The average Bonchev–Trinajstić information content (AvgIpc) is 2.84. The number of aryl methyl sites for hydroxylation is 3. The number of rotatable bonds is 0. The van der Waals surface area contributed by atoms with Crippen LogP contribution in [0.5, 0.6) is 0 Å². The van der Waals surface area contributed by atoms with Crippen LogP contribution >= 0.6 is 0 Å². The molecule has 0 saturated heterocycles. The van der Waals surface area contributed by atoms with Crippen molar-refractivity contribution in [1.29, 1.82) is 0 Å². The second-order valence-electron chi connectivity index (χ2n) is 5.55. The number of hydrogen-bond acceptors (Lipinski definition) is 2. The fourth-order valence-corrected chi connectivity index (χ4v) is 2.92. The number of aromatic nitrogens is 3. The van der Waals surface area contributed by atoms with E-state index in [1.54, 1.807) is 4.40 Å². The summed E-state index contributed by atoms with van der Waals surface area (Å²) in [5.74, 6) is 0.679. The lowest BCUT2D eigenvalue weighted by Gasteiger charge is -2.07. The van der Waals surface area contributed by atoms with Crippen molar-refractivity contribution in [1.82, 2.24) is 14.0 Å². The van der Waals surface area contributed by atoms with Gasteiger partial charge < -0.3 is 4.57 Å². The van der Waals surface area contributed by atoms with Crippen LogP contribution in [0.25, 0.3) is 27.7 Å². The predicted molar refractivity (Wildman–Crippen MR) is 84.9 cm³/mol. The monoisotopic (exact) mass is 277 g/mol. The molecule has 0 fully saturated rings. The first-order chi connectivity index (χ1) is 10.1. The summed E-state index contributed by atoms with van der Waals surface area (Å²) in [6.07, 6.45) is 0. The molecule has 2 heterocycles. The molecule has 104 valence electrons. The molecule has 0 unspecified atom stereocenters. The summed E-state index contributed by atoms with van der Waals surface area (Å²) >= 11 is 0. The molecule has 0 aliphatic heterocycles. The molecule has 0 spiro atoms. The third kappa shape index (κ3) is 1.50. The van der Waals surface area contributed by atoms with Crippen molar-refractivity contribution in [3.8, 4) is 0 Å². The Kier molecular flexibility index (Phi) is 2.28. The van der Waals surface area contributed by atoms with E-state index in [-0.39, 0.29) is 5.56 Å². The topological polar surface area (TPSA) is 39.3 Å². The Morgan fingerprint density at radius 2 is 1.71 bits per heavy atom. The molecule has 0 saturated carbocycles. The van der Waals surface area contributed by atoms with Crippen molar-refractivity contribution in [3.05, 3.63) is 57.9 Å². The van der Waals surface area contributed by atoms with Crippen molar-refractivity contribution in [2.75, 3.05) is 0 Å². The Bertz CT molecular complexity index is 1090. The largest absolute Gasteiger partial charge is 0.314 e. The highest BCUT2D eigenvalue weighted by Crippen LogP contribution is 2.21. The third-order valence-electron chi connectivity index (χ3n) is 4.25. The van der Waals surface area contributed by atoms with Crippen LogP contribution in [0.3, 0.4) is 0 Å². The normalized spacial score (nSPS) is 11.8. The Hall–Kier alpha value is -2.62. The molecular weight excluding hydrogens is 262 g/mol. The van der Waals surface area contributed by atoms with E-state index in [0.717, 1.165) is 16.6 Å². The maximum Gasteiger partial charge on any atom is 0.267 e. The van der Waals surface area contributed by atoms with Gasteiger partial charge in [0.15, 0.2) is 0 Å². The SMILES string of the molecule is Cc1cc2nc3n(C)c4ccccc4c(=O)n3c2cc1C. The van der Waals surface area contributed by atoms with E-state index < -0.39 is 0 Å². The number of para-hydroxylation sites is 1. The van der Waals surface area contributed by atoms with E-state index in [1.165, 1.54) is 11.1 Å². The van der Waals surface area contributed by atoms with Gasteiger partial charge in [-0.3, -0.25) is 4.79 Å². The smallest absolute Gasteiger partial charge is 0.267 e. The molecule has 4 rings (SSSR count). The van der Waals surface area contributed by atoms with Gasteiger partial charge in [-0.1, -0.05) is 12.1 Å². The molecule has 21 heavy (non-hydrogen) atoms. The van der Waals surface area contributed by atoms with Crippen molar-refractivity contribution >= 4 is 27.7 Å². The maximum absolute atomic E-state index is 12.8. The minimum atomic E-state index is -0.00977. The second-order valence-corrected chi connectivity index (χ2v) is 5.55. The molecule has 0 aliphatic rings. The molecule has 0 amide bonds. The first-order valence-corrected chi connectivity index (χ1v) is 6.95. The van der Waals surface area contributed by atoms with Crippen LogP contribution in [-0.4, -0.2) is 14.0 Å². The first-order valence-electron chi connectivity index (χ1n) is 6.95. The lowest BCUT2D eigenvalue weighted by atomic mass is 10.1. The van der Waals surface area contributed by atoms with E-state index in [0.29, 0.717) is 11.2 Å². The summed E-state index contributed by atoms with van der Waals surface area (Å²) in [6, 6.07) is 11.7. The van der Waals surface area contributed by atoms with Crippen LogP contribution in [0.4, 0.5) is 0 Å². The van der Waals surface area contributed by atoms with Crippen LogP contribution in [0.2, 0.25) is 0 Å². The number of fused-ring (bicyclic) bond motifs is 4. The molecule has 4 aromatic rings. The summed E-state index contributed by atoms with van der Waals surface area (Å²) in [6.45, 7) is 4.12. The van der Waals surface area contributed by atoms with E-state index in [2.05, 4.69) is 18.8 Å². The summed E-state index contributed by atoms with van der Waals surface area (Å²) in [4.78, 5) is 17.5. The molecule has 0 atom stereocenters. The highest BCUT2D eigenvalue weighted by atomic mass is 16.1. The van der Waals surface area contributed by atoms with E-state index in [4.69, 9.17) is 0 Å². The molecule has 0 aliphatic carbocycles. The van der Waals surface area contributed by atoms with Gasteiger partial charge in [0.1, 0.15) is 0 Å². The number of benzene rings is 2. The van der Waals surface area contributed by atoms with Gasteiger partial charge in [0.05, 0.1) is 21.9 Å². The molecule has 4 heteroatoms. The lowest BCUT2D eigenvalue weighted by molar-refractivity contribution is 0.921. The molecule has 2 aromatic heterocycles. The van der Waals surface area contributed by atoms with Crippen molar-refractivity contribution in [2.24, 2.45) is 7.05 Å². The highest BCUT2D eigenvalue weighted by molar-refractivity contribution is 5.86. The maximum atomic E-state index is 12.8. The molecule has 0 N–H and O–H groups in total. The van der Waals surface area contributed by atoms with Gasteiger partial charge in [0.2, 0.25) is 5.78 Å². The average molecular weight is 277 g/mol. The van der Waals surface area contributed by atoms with Crippen molar-refractivity contribution in [3.63, 3.8) is 0 Å². The van der Waals surface area contributed by atoms with E-state index in [1.807, 2.05) is 48.0 Å². The standard InChI is InChI=1S/C17H15N3O/c1-10-8-13-15(9-11(10)2)20-16(21)12-6-4-5-7-14(12)19(3)17(20)18-13/h4-9H,1-3H3. The summed E-state index contributed by atoms with van der Waals surface area (Å²) < 4.78 is 3.69. The van der Waals surface area contributed by atoms with Gasteiger partial charge in [0.25, 0.3) is 5.56 Å². The lowest BCUT2D eigenvalue weighted by Crippen LogP contribution is -2.17. The minimum absolute atomic E-state index is 0.00977. The van der Waals surface area contributed by atoms with Gasteiger partial charge in [-0.15, -0.1) is 0 Å². The van der Waals surface area contributed by atoms with Crippen molar-refractivity contribution < 1.29 is 0 Å². The Balaban J connectivity index is 2.37. The van der Waals surface area contributed by atoms with Crippen LogP contribution in [-0.2, 0) is 7.05 Å². The fourth-order valence-electron chi connectivity index (χ4n) is 2.92. The zero-order chi connectivity index (χ0) is 14.7. The summed E-state index contributed by atoms with van der Waals surface area (Å²) in [5.41, 5.74) is 4.98. The van der Waals surface area contributed by atoms with Crippen LogP contribution in [0, 0.1) is 13.8 Å². The van der Waals surface area contributed by atoms with Crippen LogP contribution in [0.1, 0.15) is 11.1 Å². The number of nitrogens with zero attached hydrogens (tertiary/aromatic N) is 3. The molecule has 4 nitrogen and oxygen atoms in total. The molecular formula is C17H15N3O. The molecule has 2 aromatic carbocycles. The molecule has 0 radical (unpaired) electrons.